The molecule has 0 spiro atoms. The van der Waals surface area contributed by atoms with Crippen LogP contribution in [0, 0.1) is 16.0 Å². The number of amides is 1. The molecule has 0 bridgehead atoms. The van der Waals surface area contributed by atoms with Crippen LogP contribution in [0.15, 0.2) is 59.5 Å². The zero-order valence-electron chi connectivity index (χ0n) is 18.7. The lowest BCUT2D eigenvalue weighted by molar-refractivity contribution is -0.384. The third kappa shape index (κ3) is 5.01. The molecule has 35 heavy (non-hydrogen) atoms. The van der Waals surface area contributed by atoms with Crippen molar-refractivity contribution in [1.82, 2.24) is 9.62 Å². The number of carbonyl (C=O) groups is 1. The second-order valence-electron chi connectivity index (χ2n) is 8.80. The predicted molar refractivity (Wildman–Crippen MR) is 122 cm³/mol. The van der Waals surface area contributed by atoms with E-state index in [4.69, 9.17) is 14.2 Å². The fourth-order valence-electron chi connectivity index (χ4n) is 4.64. The predicted octanol–water partition coefficient (Wildman–Crippen LogP) is 2.07. The number of nitro groups is 1. The lowest BCUT2D eigenvalue weighted by Gasteiger charge is -2.22. The summed E-state index contributed by atoms with van der Waals surface area (Å²) < 4.78 is 44.1. The second-order valence-corrected chi connectivity index (χ2v) is 10.7. The van der Waals surface area contributed by atoms with E-state index in [1.54, 1.807) is 0 Å². The third-order valence-electron chi connectivity index (χ3n) is 6.57. The van der Waals surface area contributed by atoms with Crippen LogP contribution in [0.2, 0.25) is 0 Å². The van der Waals surface area contributed by atoms with Crippen LogP contribution in [-0.2, 0) is 30.7 Å². The Balaban J connectivity index is 1.29. The number of fused-ring (bicyclic) bond motifs is 1. The molecule has 12 heteroatoms. The normalized spacial score (nSPS) is 28.2. The number of nitrogens with zero attached hydrogens (tertiary/aromatic N) is 2. The van der Waals surface area contributed by atoms with Gasteiger partial charge in [0.05, 0.1) is 41.0 Å². The molecule has 3 heterocycles. The number of sulfonamides is 1. The summed E-state index contributed by atoms with van der Waals surface area (Å²) in [6, 6.07) is 13.2. The lowest BCUT2D eigenvalue weighted by Crippen LogP contribution is -2.44. The molecule has 2 aromatic rings. The summed E-state index contributed by atoms with van der Waals surface area (Å²) >= 11 is 0. The number of carbonyl (C=O) groups excluding carboxylic acids is 1. The Morgan fingerprint density at radius 1 is 1.17 bits per heavy atom. The SMILES string of the molecule is O=C(N[C@@H](Cc1ccccc1)[C@@H]1CN1S(=O)(=O)c1ccc([N+](=O)[O-])cc1)O[C@H]1CO[C@H]2OCC[C@H]21. The summed E-state index contributed by atoms with van der Waals surface area (Å²) in [4.78, 5) is 23.1. The Kier molecular flexibility index (Phi) is 6.45. The number of hydrogen-bond donors (Lipinski definition) is 1. The van der Waals surface area contributed by atoms with Gasteiger partial charge in [0, 0.05) is 18.7 Å². The molecule has 3 saturated heterocycles. The minimum Gasteiger partial charge on any atom is -0.443 e. The number of nitro benzene ring substituents is 1. The van der Waals surface area contributed by atoms with Gasteiger partial charge in [0.25, 0.3) is 5.69 Å². The summed E-state index contributed by atoms with van der Waals surface area (Å²) in [5.74, 6) is -0.00624. The van der Waals surface area contributed by atoms with E-state index in [0.717, 1.165) is 24.1 Å². The molecular formula is C23H25N3O8S. The van der Waals surface area contributed by atoms with E-state index in [1.165, 1.54) is 16.4 Å². The maximum atomic E-state index is 13.1. The van der Waals surface area contributed by atoms with E-state index in [-0.39, 0.29) is 35.9 Å². The Morgan fingerprint density at radius 3 is 2.63 bits per heavy atom. The molecule has 2 aromatic carbocycles. The van der Waals surface area contributed by atoms with Crippen LogP contribution < -0.4 is 5.32 Å². The Labute approximate surface area is 202 Å². The molecule has 1 N–H and O–H groups in total. The van der Waals surface area contributed by atoms with Crippen molar-refractivity contribution in [3.8, 4) is 0 Å². The molecule has 0 aromatic heterocycles. The van der Waals surface area contributed by atoms with Crippen molar-refractivity contribution < 1.29 is 32.3 Å². The van der Waals surface area contributed by atoms with E-state index in [9.17, 15) is 23.3 Å². The van der Waals surface area contributed by atoms with E-state index in [2.05, 4.69) is 5.32 Å². The highest BCUT2D eigenvalue weighted by Gasteiger charge is 2.50. The molecule has 0 radical (unpaired) electrons. The number of hydrogen-bond acceptors (Lipinski definition) is 8. The number of ether oxygens (including phenoxy) is 3. The maximum Gasteiger partial charge on any atom is 0.407 e. The van der Waals surface area contributed by atoms with Crippen LogP contribution in [0.4, 0.5) is 10.5 Å². The van der Waals surface area contributed by atoms with Crippen molar-refractivity contribution in [2.75, 3.05) is 19.8 Å². The van der Waals surface area contributed by atoms with Crippen molar-refractivity contribution in [3.63, 3.8) is 0 Å². The summed E-state index contributed by atoms with van der Waals surface area (Å²) in [5, 5.41) is 13.7. The Hall–Kier alpha value is -3.06. The molecule has 186 valence electrons. The number of benzene rings is 2. The first-order valence-electron chi connectivity index (χ1n) is 11.3. The van der Waals surface area contributed by atoms with Crippen LogP contribution in [0.25, 0.3) is 0 Å². The average Bonchev–Trinajstić information content (AvgIpc) is 3.39. The first kappa shape index (κ1) is 23.7. The van der Waals surface area contributed by atoms with Gasteiger partial charge in [-0.05, 0) is 30.5 Å². The van der Waals surface area contributed by atoms with Gasteiger partial charge in [0.2, 0.25) is 10.0 Å². The monoisotopic (exact) mass is 503 g/mol. The van der Waals surface area contributed by atoms with Gasteiger partial charge in [0.1, 0.15) is 6.10 Å². The molecule has 0 saturated carbocycles. The first-order chi connectivity index (χ1) is 16.8. The van der Waals surface area contributed by atoms with Crippen molar-refractivity contribution in [3.05, 3.63) is 70.3 Å². The van der Waals surface area contributed by atoms with Gasteiger partial charge < -0.3 is 19.5 Å². The zero-order valence-corrected chi connectivity index (χ0v) is 19.5. The molecule has 3 fully saturated rings. The highest BCUT2D eigenvalue weighted by molar-refractivity contribution is 7.89. The summed E-state index contributed by atoms with van der Waals surface area (Å²) in [5.41, 5.74) is 0.745. The van der Waals surface area contributed by atoms with Crippen LogP contribution in [0.3, 0.4) is 0 Å². The van der Waals surface area contributed by atoms with Gasteiger partial charge in [-0.25, -0.2) is 13.2 Å². The number of alkyl carbamates (subject to hydrolysis) is 1. The first-order valence-corrected chi connectivity index (χ1v) is 12.8. The van der Waals surface area contributed by atoms with Gasteiger partial charge >= 0.3 is 6.09 Å². The second kappa shape index (κ2) is 9.53. The van der Waals surface area contributed by atoms with Gasteiger partial charge in [-0.3, -0.25) is 10.1 Å². The molecule has 6 atom stereocenters. The summed E-state index contributed by atoms with van der Waals surface area (Å²) in [7, 11) is -3.88. The fourth-order valence-corrected chi connectivity index (χ4v) is 6.24. The quantitative estimate of drug-likeness (QED) is 0.328. The molecular weight excluding hydrogens is 478 g/mol. The van der Waals surface area contributed by atoms with Gasteiger partial charge in [-0.15, -0.1) is 0 Å². The largest absolute Gasteiger partial charge is 0.443 e. The van der Waals surface area contributed by atoms with E-state index >= 15 is 0 Å². The highest BCUT2D eigenvalue weighted by atomic mass is 32.2. The van der Waals surface area contributed by atoms with Gasteiger partial charge in [0.15, 0.2) is 6.29 Å². The molecule has 3 aliphatic heterocycles. The maximum absolute atomic E-state index is 13.1. The molecule has 1 unspecified atom stereocenters. The van der Waals surface area contributed by atoms with Crippen molar-refractivity contribution in [1.29, 1.82) is 0 Å². The molecule has 1 amide bonds. The van der Waals surface area contributed by atoms with Crippen LogP contribution in [-0.4, -0.2) is 68.0 Å². The fraction of sp³-hybridized carbons (Fsp3) is 0.435. The average molecular weight is 504 g/mol. The number of non-ortho nitro benzene ring substituents is 1. The van der Waals surface area contributed by atoms with E-state index in [1.807, 2.05) is 30.3 Å². The summed E-state index contributed by atoms with van der Waals surface area (Å²) in [6.07, 6.45) is -0.243. The van der Waals surface area contributed by atoms with Crippen LogP contribution in [0.5, 0.6) is 0 Å². The third-order valence-corrected chi connectivity index (χ3v) is 8.47. The molecule has 5 rings (SSSR count). The summed E-state index contributed by atoms with van der Waals surface area (Å²) in [6.45, 7) is 1.03. The lowest BCUT2D eigenvalue weighted by atomic mass is 10.0. The highest BCUT2D eigenvalue weighted by Crippen LogP contribution is 2.34. The minimum atomic E-state index is -3.88. The molecule has 3 aliphatic rings. The number of rotatable bonds is 8. The topological polar surface area (TPSA) is 137 Å². The van der Waals surface area contributed by atoms with E-state index in [0.29, 0.717) is 13.0 Å². The molecule has 0 aliphatic carbocycles. The van der Waals surface area contributed by atoms with Gasteiger partial charge in [-0.1, -0.05) is 30.3 Å². The van der Waals surface area contributed by atoms with Gasteiger partial charge in [-0.2, -0.15) is 4.31 Å². The number of nitrogens with one attached hydrogen (secondary N) is 1. The zero-order chi connectivity index (χ0) is 24.6. The minimum absolute atomic E-state index is 0.00624. The van der Waals surface area contributed by atoms with Crippen LogP contribution in [0.1, 0.15) is 12.0 Å². The van der Waals surface area contributed by atoms with Crippen molar-refractivity contribution in [2.45, 2.75) is 42.2 Å². The van der Waals surface area contributed by atoms with Crippen molar-refractivity contribution in [2.24, 2.45) is 5.92 Å². The van der Waals surface area contributed by atoms with Crippen molar-refractivity contribution >= 4 is 21.8 Å². The Morgan fingerprint density at radius 2 is 1.91 bits per heavy atom. The standard InChI is InChI=1S/C23H25N3O8S/c27-23(34-21-14-33-22-18(21)10-11-32-22)24-19(12-15-4-2-1-3-5-15)20-13-25(20)35(30,31)17-8-6-16(7-9-17)26(28)29/h1-9,18-22H,10-14H2,(H,24,27)/t18-,19-,20-,21-,22+,25?/m0/s1. The smallest absolute Gasteiger partial charge is 0.407 e. The molecule has 11 nitrogen and oxygen atoms in total. The Bertz CT molecular complexity index is 1190. The van der Waals surface area contributed by atoms with Crippen LogP contribution >= 0.6 is 0 Å². The van der Waals surface area contributed by atoms with E-state index < -0.39 is 39.2 Å².